The summed E-state index contributed by atoms with van der Waals surface area (Å²) in [5.74, 6) is 0. The van der Waals surface area contributed by atoms with E-state index in [0.717, 1.165) is 5.54 Å². The fourth-order valence-corrected chi connectivity index (χ4v) is 14.9. The Morgan fingerprint density at radius 3 is 1.77 bits per heavy atom. The fraction of sp³-hybridized carbons (Fsp3) is 0.636. The molecule has 0 amide bonds. The van der Waals surface area contributed by atoms with Crippen molar-refractivity contribution in [3.8, 4) is 0 Å². The summed E-state index contributed by atoms with van der Waals surface area (Å²) < 4.78 is 0. The van der Waals surface area contributed by atoms with Gasteiger partial charge in [0.15, 0.2) is 0 Å². The lowest BCUT2D eigenvalue weighted by atomic mass is 10.0. The monoisotopic (exact) mass is 208 g/mol. The average molecular weight is 208 g/mol. The van der Waals surface area contributed by atoms with Crippen molar-refractivity contribution in [3.05, 3.63) is 24.3 Å². The molecule has 2 heterocycles. The van der Waals surface area contributed by atoms with Gasteiger partial charge in [-0.05, 0) is 10.6 Å². The first-order valence-electron chi connectivity index (χ1n) is 5.20. The van der Waals surface area contributed by atoms with Crippen LogP contribution in [0.15, 0.2) is 24.3 Å². The van der Waals surface area contributed by atoms with Crippen molar-refractivity contribution in [2.45, 2.75) is 43.7 Å². The molecule has 72 valence electrons. The van der Waals surface area contributed by atoms with E-state index in [1.807, 2.05) is 0 Å². The first-order chi connectivity index (χ1) is 5.81. The van der Waals surface area contributed by atoms with Crippen LogP contribution < -0.4 is 0 Å². The van der Waals surface area contributed by atoms with E-state index in [2.05, 4.69) is 57.4 Å². The Morgan fingerprint density at radius 1 is 1.00 bits per heavy atom. The molecule has 3 aliphatic rings. The van der Waals surface area contributed by atoms with Crippen LogP contribution in [-0.4, -0.2) is 15.2 Å². The van der Waals surface area contributed by atoms with Crippen LogP contribution in [0.1, 0.15) is 6.92 Å². The number of hydrogen-bond acceptors (Lipinski definition) is 0. The Hall–Kier alpha value is -0.0862. The molecule has 0 spiro atoms. The number of rotatable bonds is 0. The third-order valence-corrected chi connectivity index (χ3v) is 25.7. The van der Waals surface area contributed by atoms with Gasteiger partial charge < -0.3 is 0 Å². The summed E-state index contributed by atoms with van der Waals surface area (Å²) in [5.41, 5.74) is 0.830. The zero-order valence-electron chi connectivity index (χ0n) is 9.39. The van der Waals surface area contributed by atoms with Gasteiger partial charge in [0.25, 0.3) is 0 Å². The lowest BCUT2D eigenvalue weighted by molar-refractivity contribution is 0.868. The van der Waals surface area contributed by atoms with Gasteiger partial charge in [0.05, 0.1) is 15.2 Å². The Kier molecular flexibility index (Phi) is 1.67. The highest BCUT2D eigenvalue weighted by atomic mass is 29.3. The Bertz CT molecular complexity index is 283. The van der Waals surface area contributed by atoms with Crippen molar-refractivity contribution >= 4 is 15.2 Å². The van der Waals surface area contributed by atoms with Gasteiger partial charge in [0, 0.05) is 0 Å². The van der Waals surface area contributed by atoms with Crippen LogP contribution in [0, 0.1) is 0 Å². The van der Waals surface area contributed by atoms with Crippen molar-refractivity contribution in [1.82, 2.24) is 0 Å². The summed E-state index contributed by atoms with van der Waals surface area (Å²) in [6.45, 7) is 12.8. The van der Waals surface area contributed by atoms with Crippen LogP contribution in [0.4, 0.5) is 0 Å². The summed E-state index contributed by atoms with van der Waals surface area (Å²) in [4.78, 5) is 0. The minimum atomic E-state index is -1.06. The standard InChI is InChI=1S/C11H20Si2/c1-11-8-6-10(7-9-11)12(2,3)13(11,4)5/h6-10H,1-5H3. The molecule has 2 heteroatoms. The maximum Gasteiger partial charge on any atom is 0.0574 e. The maximum absolute atomic E-state index is 2.60. The van der Waals surface area contributed by atoms with Gasteiger partial charge in [0.1, 0.15) is 0 Å². The minimum Gasteiger partial charge on any atom is -0.0841 e. The minimum absolute atomic E-state index is 0.456. The SMILES string of the molecule is CC12C=CC(C=C1)[Si](C)(C)[Si]2(C)C. The lowest BCUT2D eigenvalue weighted by Gasteiger charge is -2.57. The largest absolute Gasteiger partial charge is 0.0841 e. The third kappa shape index (κ3) is 0.908. The van der Waals surface area contributed by atoms with E-state index >= 15 is 0 Å². The molecule has 0 unspecified atom stereocenters. The zero-order valence-corrected chi connectivity index (χ0v) is 11.4. The molecule has 0 nitrogen and oxygen atoms in total. The van der Waals surface area contributed by atoms with E-state index in [9.17, 15) is 0 Å². The van der Waals surface area contributed by atoms with Gasteiger partial charge in [-0.2, -0.15) is 0 Å². The normalized spacial score (nSPS) is 43.9. The van der Waals surface area contributed by atoms with Crippen molar-refractivity contribution in [2.24, 2.45) is 0 Å². The summed E-state index contributed by atoms with van der Waals surface area (Å²) in [6.07, 6.45) is 9.93. The first kappa shape index (κ1) is 9.47. The molecule has 0 aromatic rings. The molecule has 13 heavy (non-hydrogen) atoms. The van der Waals surface area contributed by atoms with Crippen molar-refractivity contribution in [3.63, 3.8) is 0 Å². The van der Waals surface area contributed by atoms with E-state index in [1.165, 1.54) is 0 Å². The highest BCUT2D eigenvalue weighted by molar-refractivity contribution is 7.43. The lowest BCUT2D eigenvalue weighted by Crippen LogP contribution is -2.66. The fourth-order valence-electron chi connectivity index (χ4n) is 2.74. The predicted octanol–water partition coefficient (Wildman–Crippen LogP) is 3.75. The topological polar surface area (TPSA) is 0 Å². The van der Waals surface area contributed by atoms with Crippen LogP contribution >= 0.6 is 0 Å². The molecule has 0 aromatic carbocycles. The molecule has 0 saturated carbocycles. The van der Waals surface area contributed by atoms with E-state index in [4.69, 9.17) is 0 Å². The molecular formula is C11H20Si2. The van der Waals surface area contributed by atoms with E-state index < -0.39 is 15.2 Å². The average Bonchev–Trinajstić information content (AvgIpc) is 2.02. The molecule has 1 aliphatic carbocycles. The smallest absolute Gasteiger partial charge is 0.0574 e. The van der Waals surface area contributed by atoms with Gasteiger partial charge in [-0.1, -0.05) is 57.4 Å². The first-order valence-corrected chi connectivity index (χ1v) is 12.3. The van der Waals surface area contributed by atoms with Crippen molar-refractivity contribution in [2.75, 3.05) is 0 Å². The second-order valence-corrected chi connectivity index (χ2v) is 21.9. The second-order valence-electron chi connectivity index (χ2n) is 5.87. The maximum atomic E-state index is 2.60. The Balaban J connectivity index is 2.62. The van der Waals surface area contributed by atoms with Gasteiger partial charge in [0.2, 0.25) is 0 Å². The highest BCUT2D eigenvalue weighted by Gasteiger charge is 2.57. The highest BCUT2D eigenvalue weighted by Crippen LogP contribution is 2.57. The molecule has 0 fully saturated rings. The van der Waals surface area contributed by atoms with E-state index in [-0.39, 0.29) is 0 Å². The molecule has 0 N–H and O–H groups in total. The molecule has 0 atom stereocenters. The van der Waals surface area contributed by atoms with Crippen molar-refractivity contribution in [1.29, 1.82) is 0 Å². The van der Waals surface area contributed by atoms with Crippen LogP contribution in [0.25, 0.3) is 0 Å². The van der Waals surface area contributed by atoms with E-state index in [1.54, 1.807) is 0 Å². The van der Waals surface area contributed by atoms with Crippen LogP contribution in [-0.2, 0) is 0 Å². The zero-order chi connectivity index (χ0) is 9.91. The van der Waals surface area contributed by atoms with E-state index in [0.29, 0.717) is 5.04 Å². The van der Waals surface area contributed by atoms with Gasteiger partial charge in [-0.25, -0.2) is 0 Å². The molecule has 0 radical (unpaired) electrons. The van der Waals surface area contributed by atoms with Crippen molar-refractivity contribution < 1.29 is 0 Å². The summed E-state index contributed by atoms with van der Waals surface area (Å²) in [7, 11) is -2.06. The quantitative estimate of drug-likeness (QED) is 0.420. The molecule has 2 bridgehead atoms. The predicted molar refractivity (Wildman–Crippen MR) is 65.4 cm³/mol. The number of hydrogen-bond donors (Lipinski definition) is 0. The van der Waals surface area contributed by atoms with Gasteiger partial charge in [-0.15, -0.1) is 0 Å². The van der Waals surface area contributed by atoms with Crippen LogP contribution in [0.3, 0.4) is 0 Å². The van der Waals surface area contributed by atoms with Crippen LogP contribution in [0.2, 0.25) is 36.8 Å². The molecule has 0 aromatic heterocycles. The second kappa shape index (κ2) is 2.29. The summed E-state index contributed by atoms with van der Waals surface area (Å²) in [5, 5.41) is 0.456. The molecular weight excluding hydrogens is 188 g/mol. The Morgan fingerprint density at radius 2 is 1.46 bits per heavy atom. The van der Waals surface area contributed by atoms with Crippen LogP contribution in [0.5, 0.6) is 0 Å². The number of fused-ring (bicyclic) bond motifs is 1. The number of allylic oxidation sites excluding steroid dienone is 4. The summed E-state index contributed by atoms with van der Waals surface area (Å²) in [6, 6.07) is 0. The summed E-state index contributed by atoms with van der Waals surface area (Å²) >= 11 is 0. The molecule has 0 saturated heterocycles. The Labute approximate surface area is 83.5 Å². The molecule has 3 rings (SSSR count). The van der Waals surface area contributed by atoms with Gasteiger partial charge >= 0.3 is 0 Å². The third-order valence-electron chi connectivity index (χ3n) is 5.09. The molecule has 2 aliphatic heterocycles. The van der Waals surface area contributed by atoms with Gasteiger partial charge in [-0.3, -0.25) is 0 Å².